The molecule has 0 amide bonds. The first-order valence-corrected chi connectivity index (χ1v) is 6.11. The van der Waals surface area contributed by atoms with E-state index in [1.54, 1.807) is 6.20 Å². The van der Waals surface area contributed by atoms with E-state index in [1.165, 1.54) is 5.56 Å². The molecule has 5 heteroatoms. The molecule has 4 nitrogen and oxygen atoms in total. The highest BCUT2D eigenvalue weighted by molar-refractivity contribution is 9.10. The average Bonchev–Trinajstić information content (AvgIpc) is 2.65. The Morgan fingerprint density at radius 1 is 1.41 bits per heavy atom. The number of halogens is 1. The van der Waals surface area contributed by atoms with Crippen LogP contribution < -0.4 is 11.3 Å². The molecule has 0 spiro atoms. The summed E-state index contributed by atoms with van der Waals surface area (Å²) in [7, 11) is 1.96. The highest BCUT2D eigenvalue weighted by Gasteiger charge is 2.17. The largest absolute Gasteiger partial charge is 0.336 e. The van der Waals surface area contributed by atoms with Gasteiger partial charge in [-0.25, -0.2) is 10.4 Å². The molecule has 2 aromatic rings. The standard InChI is InChI=1S/C12H15BrN4/c1-8-5-9(7-10(13)6-8)11(16-14)12-15-3-4-17(12)2/h3-7,11,16H,14H2,1-2H3. The van der Waals surface area contributed by atoms with Crippen LogP contribution in [-0.4, -0.2) is 9.55 Å². The Bertz CT molecular complexity index is 501. The smallest absolute Gasteiger partial charge is 0.131 e. The van der Waals surface area contributed by atoms with Gasteiger partial charge in [-0.15, -0.1) is 0 Å². The number of nitrogens with zero attached hydrogens (tertiary/aromatic N) is 2. The van der Waals surface area contributed by atoms with Crippen molar-refractivity contribution in [1.29, 1.82) is 0 Å². The van der Waals surface area contributed by atoms with E-state index >= 15 is 0 Å². The third kappa shape index (κ3) is 2.57. The van der Waals surface area contributed by atoms with Crippen molar-refractivity contribution >= 4 is 15.9 Å². The van der Waals surface area contributed by atoms with E-state index in [1.807, 2.05) is 23.9 Å². The zero-order chi connectivity index (χ0) is 12.4. The van der Waals surface area contributed by atoms with Gasteiger partial charge in [0.15, 0.2) is 0 Å². The molecular weight excluding hydrogens is 280 g/mol. The number of benzene rings is 1. The van der Waals surface area contributed by atoms with E-state index in [2.05, 4.69) is 45.4 Å². The Hall–Kier alpha value is -1.17. The summed E-state index contributed by atoms with van der Waals surface area (Å²) in [6.45, 7) is 2.06. The van der Waals surface area contributed by atoms with Gasteiger partial charge in [0, 0.05) is 23.9 Å². The van der Waals surface area contributed by atoms with Gasteiger partial charge >= 0.3 is 0 Å². The molecule has 1 unspecified atom stereocenters. The number of nitrogens with one attached hydrogen (secondary N) is 1. The summed E-state index contributed by atoms with van der Waals surface area (Å²) in [5.74, 6) is 6.54. The number of hydrogen-bond acceptors (Lipinski definition) is 3. The molecular formula is C12H15BrN4. The number of imidazole rings is 1. The van der Waals surface area contributed by atoms with Gasteiger partial charge in [0.1, 0.15) is 11.9 Å². The number of rotatable bonds is 3. The van der Waals surface area contributed by atoms with Crippen molar-refractivity contribution in [2.75, 3.05) is 0 Å². The van der Waals surface area contributed by atoms with E-state index in [9.17, 15) is 0 Å². The molecule has 2 rings (SSSR count). The van der Waals surface area contributed by atoms with Gasteiger partial charge in [-0.05, 0) is 30.2 Å². The first kappa shape index (κ1) is 12.3. The highest BCUT2D eigenvalue weighted by Crippen LogP contribution is 2.24. The molecule has 0 saturated carbocycles. The van der Waals surface area contributed by atoms with Crippen LogP contribution >= 0.6 is 15.9 Å². The maximum atomic E-state index is 5.65. The Balaban J connectivity index is 2.45. The molecule has 0 aliphatic rings. The van der Waals surface area contributed by atoms with Gasteiger partial charge in [0.25, 0.3) is 0 Å². The van der Waals surface area contributed by atoms with Crippen LogP contribution in [-0.2, 0) is 7.05 Å². The van der Waals surface area contributed by atoms with Crippen LogP contribution in [0.5, 0.6) is 0 Å². The summed E-state index contributed by atoms with van der Waals surface area (Å²) >= 11 is 3.50. The summed E-state index contributed by atoms with van der Waals surface area (Å²) in [6.07, 6.45) is 3.68. The molecule has 1 heterocycles. The number of aromatic nitrogens is 2. The fourth-order valence-electron chi connectivity index (χ4n) is 1.91. The van der Waals surface area contributed by atoms with Crippen LogP contribution in [0, 0.1) is 6.92 Å². The number of aryl methyl sites for hydroxylation is 2. The fraction of sp³-hybridized carbons (Fsp3) is 0.250. The maximum Gasteiger partial charge on any atom is 0.131 e. The summed E-state index contributed by atoms with van der Waals surface area (Å²) in [5, 5.41) is 0. The second-order valence-corrected chi connectivity index (χ2v) is 4.97. The molecule has 0 saturated heterocycles. The minimum absolute atomic E-state index is 0.105. The first-order valence-electron chi connectivity index (χ1n) is 5.32. The van der Waals surface area contributed by atoms with Gasteiger partial charge in [0.05, 0.1) is 0 Å². The molecule has 17 heavy (non-hydrogen) atoms. The Morgan fingerprint density at radius 3 is 2.71 bits per heavy atom. The average molecular weight is 295 g/mol. The summed E-state index contributed by atoms with van der Waals surface area (Å²) < 4.78 is 3.00. The number of nitrogens with two attached hydrogens (primary N) is 1. The lowest BCUT2D eigenvalue weighted by Gasteiger charge is -2.17. The zero-order valence-corrected chi connectivity index (χ0v) is 11.4. The lowest BCUT2D eigenvalue weighted by Crippen LogP contribution is -2.30. The van der Waals surface area contributed by atoms with Crippen molar-refractivity contribution in [3.63, 3.8) is 0 Å². The highest BCUT2D eigenvalue weighted by atomic mass is 79.9. The molecule has 0 radical (unpaired) electrons. The van der Waals surface area contributed by atoms with Crippen molar-refractivity contribution in [1.82, 2.24) is 15.0 Å². The third-order valence-corrected chi connectivity index (χ3v) is 3.14. The molecule has 0 aliphatic carbocycles. The van der Waals surface area contributed by atoms with E-state index in [0.717, 1.165) is 15.9 Å². The molecule has 3 N–H and O–H groups in total. The molecule has 0 fully saturated rings. The fourth-order valence-corrected chi connectivity index (χ4v) is 2.53. The van der Waals surface area contributed by atoms with Crippen LogP contribution in [0.4, 0.5) is 0 Å². The summed E-state index contributed by atoms with van der Waals surface area (Å²) in [4.78, 5) is 4.33. The van der Waals surface area contributed by atoms with E-state index in [0.29, 0.717) is 0 Å². The van der Waals surface area contributed by atoms with Crippen molar-refractivity contribution in [3.05, 3.63) is 52.0 Å². The van der Waals surface area contributed by atoms with E-state index < -0.39 is 0 Å². The third-order valence-electron chi connectivity index (χ3n) is 2.68. The van der Waals surface area contributed by atoms with Gasteiger partial charge < -0.3 is 4.57 Å². The Kier molecular flexibility index (Phi) is 3.61. The molecule has 90 valence electrons. The topological polar surface area (TPSA) is 55.9 Å². The molecule has 1 aromatic carbocycles. The molecule has 0 bridgehead atoms. The van der Waals surface area contributed by atoms with Gasteiger partial charge in [-0.2, -0.15) is 0 Å². The predicted octanol–water partition coefficient (Wildman–Crippen LogP) is 2.04. The predicted molar refractivity (Wildman–Crippen MR) is 71.3 cm³/mol. The molecule has 0 aliphatic heterocycles. The lowest BCUT2D eigenvalue weighted by atomic mass is 10.0. The number of hydrogen-bond donors (Lipinski definition) is 2. The first-order chi connectivity index (χ1) is 8.11. The number of hydrazine groups is 1. The van der Waals surface area contributed by atoms with Crippen molar-refractivity contribution < 1.29 is 0 Å². The Morgan fingerprint density at radius 2 is 2.18 bits per heavy atom. The van der Waals surface area contributed by atoms with Crippen molar-refractivity contribution in [3.8, 4) is 0 Å². The van der Waals surface area contributed by atoms with Gasteiger partial charge in [-0.3, -0.25) is 5.84 Å². The van der Waals surface area contributed by atoms with Crippen LogP contribution in [0.1, 0.15) is 23.0 Å². The van der Waals surface area contributed by atoms with Crippen LogP contribution in [0.3, 0.4) is 0 Å². The van der Waals surface area contributed by atoms with Gasteiger partial charge in [-0.1, -0.05) is 22.0 Å². The quantitative estimate of drug-likeness (QED) is 0.673. The molecule has 1 atom stereocenters. The van der Waals surface area contributed by atoms with Crippen molar-refractivity contribution in [2.45, 2.75) is 13.0 Å². The Labute approximate surface area is 109 Å². The van der Waals surface area contributed by atoms with E-state index in [-0.39, 0.29) is 6.04 Å². The lowest BCUT2D eigenvalue weighted by molar-refractivity contribution is 0.579. The van der Waals surface area contributed by atoms with Crippen molar-refractivity contribution in [2.24, 2.45) is 12.9 Å². The van der Waals surface area contributed by atoms with Crippen LogP contribution in [0.25, 0.3) is 0 Å². The molecule has 1 aromatic heterocycles. The minimum Gasteiger partial charge on any atom is -0.336 e. The van der Waals surface area contributed by atoms with E-state index in [4.69, 9.17) is 5.84 Å². The zero-order valence-electron chi connectivity index (χ0n) is 9.81. The summed E-state index contributed by atoms with van der Waals surface area (Å²) in [6, 6.07) is 6.11. The monoisotopic (exact) mass is 294 g/mol. The SMILES string of the molecule is Cc1cc(Br)cc(C(NN)c2nccn2C)c1. The van der Waals surface area contributed by atoms with Crippen LogP contribution in [0.2, 0.25) is 0 Å². The normalized spacial score (nSPS) is 12.7. The minimum atomic E-state index is -0.105. The second-order valence-electron chi connectivity index (χ2n) is 4.06. The van der Waals surface area contributed by atoms with Gasteiger partial charge in [0.2, 0.25) is 0 Å². The second kappa shape index (κ2) is 5.00. The summed E-state index contributed by atoms with van der Waals surface area (Å²) in [5.41, 5.74) is 5.09. The van der Waals surface area contributed by atoms with Crippen LogP contribution in [0.15, 0.2) is 35.1 Å². The maximum absolute atomic E-state index is 5.65.